The van der Waals surface area contributed by atoms with Crippen molar-refractivity contribution in [2.45, 2.75) is 33.9 Å². The largest absolute Gasteiger partial charge is 0.459 e. The number of guanidine groups is 1. The van der Waals surface area contributed by atoms with Gasteiger partial charge in [-0.25, -0.2) is 9.98 Å². The number of para-hydroxylation sites is 1. The van der Waals surface area contributed by atoms with Crippen molar-refractivity contribution in [3.63, 3.8) is 0 Å². The normalized spacial score (nSPS) is 11.9. The van der Waals surface area contributed by atoms with E-state index in [0.717, 1.165) is 46.5 Å². The van der Waals surface area contributed by atoms with Crippen LogP contribution in [0.15, 0.2) is 39.7 Å². The zero-order valence-electron chi connectivity index (χ0n) is 14.2. The van der Waals surface area contributed by atoms with Crippen LogP contribution in [0.25, 0.3) is 11.0 Å². The smallest absolute Gasteiger partial charge is 0.191 e. The van der Waals surface area contributed by atoms with E-state index in [1.54, 1.807) is 11.3 Å². The molecule has 0 atom stereocenters. The third kappa shape index (κ3) is 3.94. The van der Waals surface area contributed by atoms with Crippen LogP contribution in [0, 0.1) is 13.8 Å². The van der Waals surface area contributed by atoms with Crippen molar-refractivity contribution in [1.82, 2.24) is 15.6 Å². The Hall–Kier alpha value is -2.34. The Morgan fingerprint density at radius 3 is 2.79 bits per heavy atom. The van der Waals surface area contributed by atoms with E-state index >= 15 is 0 Å². The highest BCUT2D eigenvalue weighted by Crippen LogP contribution is 2.19. The van der Waals surface area contributed by atoms with E-state index in [1.165, 1.54) is 4.88 Å². The van der Waals surface area contributed by atoms with Gasteiger partial charge in [-0.2, -0.15) is 0 Å². The first kappa shape index (κ1) is 16.5. The van der Waals surface area contributed by atoms with E-state index in [0.29, 0.717) is 6.54 Å². The van der Waals surface area contributed by atoms with E-state index in [2.05, 4.69) is 27.5 Å². The van der Waals surface area contributed by atoms with Gasteiger partial charge in [-0.1, -0.05) is 18.2 Å². The molecule has 2 N–H and O–H groups in total. The molecule has 0 aliphatic heterocycles. The van der Waals surface area contributed by atoms with Crippen molar-refractivity contribution in [1.29, 1.82) is 0 Å². The van der Waals surface area contributed by atoms with Crippen LogP contribution in [-0.2, 0) is 13.1 Å². The molecule has 0 aliphatic carbocycles. The van der Waals surface area contributed by atoms with Gasteiger partial charge in [-0.15, -0.1) is 11.3 Å². The number of nitrogens with one attached hydrogen (secondary N) is 2. The van der Waals surface area contributed by atoms with Crippen molar-refractivity contribution in [3.8, 4) is 0 Å². The highest BCUT2D eigenvalue weighted by molar-refractivity contribution is 7.11. The fourth-order valence-electron chi connectivity index (χ4n) is 2.51. The number of aryl methyl sites for hydroxylation is 2. The van der Waals surface area contributed by atoms with Gasteiger partial charge in [-0.3, -0.25) is 0 Å². The highest BCUT2D eigenvalue weighted by atomic mass is 32.1. The minimum Gasteiger partial charge on any atom is -0.459 e. The number of furan rings is 1. The summed E-state index contributed by atoms with van der Waals surface area (Å²) in [6, 6.07) is 10.0. The highest BCUT2D eigenvalue weighted by Gasteiger charge is 2.07. The SMILES string of the molecule is CCNC(=NCc1cc2ccccc2o1)NCc1sc(C)nc1C. The monoisotopic (exact) mass is 342 g/mol. The van der Waals surface area contributed by atoms with E-state index in [4.69, 9.17) is 4.42 Å². The van der Waals surface area contributed by atoms with E-state index in [9.17, 15) is 0 Å². The molecule has 3 aromatic rings. The molecule has 0 fully saturated rings. The maximum absolute atomic E-state index is 5.81. The zero-order chi connectivity index (χ0) is 16.9. The quantitative estimate of drug-likeness (QED) is 0.547. The molecule has 2 heterocycles. The van der Waals surface area contributed by atoms with Crippen LogP contribution < -0.4 is 10.6 Å². The van der Waals surface area contributed by atoms with Gasteiger partial charge in [0.1, 0.15) is 17.9 Å². The molecule has 0 radical (unpaired) electrons. The summed E-state index contributed by atoms with van der Waals surface area (Å²) in [6.07, 6.45) is 0. The molecule has 0 amide bonds. The number of hydrogen-bond donors (Lipinski definition) is 2. The number of aromatic nitrogens is 1. The summed E-state index contributed by atoms with van der Waals surface area (Å²) in [5.74, 6) is 1.64. The first-order chi connectivity index (χ1) is 11.7. The van der Waals surface area contributed by atoms with Crippen molar-refractivity contribution >= 4 is 28.3 Å². The molecule has 5 nitrogen and oxygen atoms in total. The Kier molecular flexibility index (Phi) is 5.15. The summed E-state index contributed by atoms with van der Waals surface area (Å²) in [7, 11) is 0. The summed E-state index contributed by atoms with van der Waals surface area (Å²) < 4.78 is 5.81. The minimum atomic E-state index is 0.505. The average molecular weight is 342 g/mol. The number of rotatable bonds is 5. The molecule has 24 heavy (non-hydrogen) atoms. The summed E-state index contributed by atoms with van der Waals surface area (Å²) in [5.41, 5.74) is 1.98. The number of nitrogens with zero attached hydrogens (tertiary/aromatic N) is 2. The molecule has 0 spiro atoms. The molecule has 1 aromatic carbocycles. The average Bonchev–Trinajstić information content (AvgIpc) is 3.12. The maximum Gasteiger partial charge on any atom is 0.191 e. The summed E-state index contributed by atoms with van der Waals surface area (Å²) >= 11 is 1.72. The number of hydrogen-bond acceptors (Lipinski definition) is 4. The van der Waals surface area contributed by atoms with E-state index in [-0.39, 0.29) is 0 Å². The predicted molar refractivity (Wildman–Crippen MR) is 99.5 cm³/mol. The summed E-state index contributed by atoms with van der Waals surface area (Å²) in [5, 5.41) is 8.83. The molecule has 3 rings (SSSR count). The molecule has 126 valence electrons. The van der Waals surface area contributed by atoms with Gasteiger partial charge in [0.15, 0.2) is 5.96 Å². The van der Waals surface area contributed by atoms with Gasteiger partial charge in [0.2, 0.25) is 0 Å². The van der Waals surface area contributed by atoms with E-state index in [1.807, 2.05) is 44.2 Å². The number of benzene rings is 1. The molecular formula is C18H22N4OS. The van der Waals surface area contributed by atoms with Crippen LogP contribution in [0.3, 0.4) is 0 Å². The molecule has 0 saturated heterocycles. The Bertz CT molecular complexity index is 817. The topological polar surface area (TPSA) is 62.5 Å². The van der Waals surface area contributed by atoms with Crippen LogP contribution in [0.5, 0.6) is 0 Å². The Balaban J connectivity index is 1.67. The third-order valence-corrected chi connectivity index (χ3v) is 4.70. The third-order valence-electron chi connectivity index (χ3n) is 3.63. The number of aliphatic imine (C=N–C) groups is 1. The van der Waals surface area contributed by atoms with Gasteiger partial charge in [0.25, 0.3) is 0 Å². The molecule has 0 aliphatic rings. The second-order valence-corrected chi connectivity index (χ2v) is 6.83. The maximum atomic E-state index is 5.81. The minimum absolute atomic E-state index is 0.505. The lowest BCUT2D eigenvalue weighted by Gasteiger charge is -2.10. The van der Waals surface area contributed by atoms with Gasteiger partial charge in [0, 0.05) is 16.8 Å². The van der Waals surface area contributed by atoms with Crippen molar-refractivity contribution < 1.29 is 4.42 Å². The molecule has 6 heteroatoms. The van der Waals surface area contributed by atoms with E-state index < -0.39 is 0 Å². The van der Waals surface area contributed by atoms with Gasteiger partial charge in [0.05, 0.1) is 17.2 Å². The fourth-order valence-corrected chi connectivity index (χ4v) is 3.39. The van der Waals surface area contributed by atoms with Crippen LogP contribution in [-0.4, -0.2) is 17.5 Å². The fraction of sp³-hybridized carbons (Fsp3) is 0.333. The van der Waals surface area contributed by atoms with Gasteiger partial charge in [-0.05, 0) is 32.9 Å². The van der Waals surface area contributed by atoms with Crippen LogP contribution in [0.1, 0.15) is 28.3 Å². The predicted octanol–water partition coefficient (Wildman–Crippen LogP) is 3.76. The van der Waals surface area contributed by atoms with Crippen LogP contribution >= 0.6 is 11.3 Å². The first-order valence-electron chi connectivity index (χ1n) is 8.08. The molecular weight excluding hydrogens is 320 g/mol. The summed E-state index contributed by atoms with van der Waals surface area (Å²) in [6.45, 7) is 8.17. The molecule has 0 bridgehead atoms. The Labute approximate surface area is 145 Å². The Morgan fingerprint density at radius 1 is 1.25 bits per heavy atom. The molecule has 0 unspecified atom stereocenters. The lowest BCUT2D eigenvalue weighted by Crippen LogP contribution is -2.36. The molecule has 0 saturated carbocycles. The van der Waals surface area contributed by atoms with Crippen LogP contribution in [0.2, 0.25) is 0 Å². The zero-order valence-corrected chi connectivity index (χ0v) is 15.0. The standard InChI is InChI=1S/C18H22N4OS/c1-4-19-18(21-11-17-12(2)22-13(3)24-17)20-10-15-9-14-7-5-6-8-16(14)23-15/h5-9H,4,10-11H2,1-3H3,(H2,19,20,21). The van der Waals surface area contributed by atoms with Gasteiger partial charge < -0.3 is 15.1 Å². The van der Waals surface area contributed by atoms with Crippen molar-refractivity contribution in [2.75, 3.05) is 6.54 Å². The van der Waals surface area contributed by atoms with Crippen molar-refractivity contribution in [3.05, 3.63) is 51.7 Å². The lowest BCUT2D eigenvalue weighted by molar-refractivity contribution is 0.551. The van der Waals surface area contributed by atoms with Gasteiger partial charge >= 0.3 is 0 Å². The van der Waals surface area contributed by atoms with Crippen LogP contribution in [0.4, 0.5) is 0 Å². The first-order valence-corrected chi connectivity index (χ1v) is 8.90. The second-order valence-electron chi connectivity index (χ2n) is 5.54. The molecule has 2 aromatic heterocycles. The summed E-state index contributed by atoms with van der Waals surface area (Å²) in [4.78, 5) is 10.3. The Morgan fingerprint density at radius 2 is 2.08 bits per heavy atom. The number of fused-ring (bicyclic) bond motifs is 1. The second kappa shape index (κ2) is 7.49. The van der Waals surface area contributed by atoms with Crippen molar-refractivity contribution in [2.24, 2.45) is 4.99 Å². The number of thiazole rings is 1. The lowest BCUT2D eigenvalue weighted by atomic mass is 10.2.